The van der Waals surface area contributed by atoms with Crippen LogP contribution in [0.3, 0.4) is 0 Å². The second-order valence-electron chi connectivity index (χ2n) is 9.31. The van der Waals surface area contributed by atoms with E-state index in [0.717, 1.165) is 11.1 Å². The van der Waals surface area contributed by atoms with Crippen LogP contribution in [-0.4, -0.2) is 58.4 Å². The minimum absolute atomic E-state index is 0.0253. The molecule has 5 rings (SSSR count). The predicted octanol–water partition coefficient (Wildman–Crippen LogP) is 2.95. The molecule has 2 amide bonds. The van der Waals surface area contributed by atoms with Crippen molar-refractivity contribution in [2.24, 2.45) is 0 Å². The highest BCUT2D eigenvalue weighted by Gasteiger charge is 2.33. The van der Waals surface area contributed by atoms with Gasteiger partial charge in [-0.15, -0.1) is 0 Å². The Bertz CT molecular complexity index is 1430. The van der Waals surface area contributed by atoms with Gasteiger partial charge in [0.2, 0.25) is 5.91 Å². The Balaban J connectivity index is 1.13. The zero-order valence-electron chi connectivity index (χ0n) is 21.4. The molecule has 40 heavy (non-hydrogen) atoms. The largest absolute Gasteiger partial charge is 0.486 e. The topological polar surface area (TPSA) is 147 Å². The lowest BCUT2D eigenvalue weighted by Crippen LogP contribution is -2.33. The van der Waals surface area contributed by atoms with Crippen molar-refractivity contribution >= 4 is 23.5 Å². The van der Waals surface area contributed by atoms with E-state index in [2.05, 4.69) is 10.3 Å². The zero-order chi connectivity index (χ0) is 28.2. The summed E-state index contributed by atoms with van der Waals surface area (Å²) in [5, 5.41) is 13.5. The maximum Gasteiger partial charge on any atom is 0.414 e. The van der Waals surface area contributed by atoms with Crippen molar-refractivity contribution in [3.8, 4) is 11.8 Å². The predicted molar refractivity (Wildman–Crippen MR) is 136 cm³/mol. The number of nitrogens with zero attached hydrogens (tertiary/aromatic N) is 4. The number of anilines is 1. The molecule has 0 radical (unpaired) electrons. The molecule has 2 aliphatic rings. The van der Waals surface area contributed by atoms with Gasteiger partial charge in [-0.05, 0) is 28.2 Å². The monoisotopic (exact) mass is 555 g/mol. The number of cyclic esters (lactones) is 1. The number of fused-ring (bicyclic) bond motifs is 1. The third kappa shape index (κ3) is 6.29. The molecule has 3 aromatic rings. The van der Waals surface area contributed by atoms with E-state index in [1.54, 1.807) is 10.6 Å². The number of imidazole rings is 1. The maximum absolute atomic E-state index is 14.8. The van der Waals surface area contributed by atoms with Crippen LogP contribution in [0.2, 0.25) is 0 Å². The average molecular weight is 556 g/mol. The lowest BCUT2D eigenvalue weighted by Gasteiger charge is -2.22. The SMILES string of the molecule is CC(=O)NC[C@H]1CN(c2ccc(OCc3cccc(CO[C@@H]4COc5nc([N+](=O)[O-])cn5C4)c3)c(F)c2)C(=O)O1. The van der Waals surface area contributed by atoms with Gasteiger partial charge in [0.15, 0.2) is 11.6 Å². The van der Waals surface area contributed by atoms with Gasteiger partial charge in [0, 0.05) is 18.0 Å². The number of nitrogens with one attached hydrogen (secondary N) is 1. The van der Waals surface area contributed by atoms with E-state index < -0.39 is 22.9 Å². The minimum Gasteiger partial charge on any atom is -0.486 e. The van der Waals surface area contributed by atoms with Gasteiger partial charge in [-0.2, -0.15) is 0 Å². The van der Waals surface area contributed by atoms with Gasteiger partial charge in [-0.1, -0.05) is 24.3 Å². The van der Waals surface area contributed by atoms with E-state index in [1.807, 2.05) is 24.3 Å². The number of hydrogen-bond donors (Lipinski definition) is 1. The number of aromatic nitrogens is 2. The average Bonchev–Trinajstić information content (AvgIpc) is 3.53. The molecule has 2 aromatic carbocycles. The molecule has 13 nitrogen and oxygen atoms in total. The highest BCUT2D eigenvalue weighted by molar-refractivity contribution is 5.90. The van der Waals surface area contributed by atoms with Gasteiger partial charge in [0.1, 0.15) is 31.6 Å². The van der Waals surface area contributed by atoms with Crippen LogP contribution in [-0.2, 0) is 34.0 Å². The number of nitro groups is 1. The summed E-state index contributed by atoms with van der Waals surface area (Å²) in [4.78, 5) is 38.7. The molecule has 1 N–H and O–H groups in total. The number of carbonyl (C=O) groups excluding carboxylic acids is 2. The molecule has 0 bridgehead atoms. The molecule has 2 atom stereocenters. The molecule has 210 valence electrons. The van der Waals surface area contributed by atoms with Crippen LogP contribution in [0.15, 0.2) is 48.7 Å². The van der Waals surface area contributed by atoms with Gasteiger partial charge in [0.25, 0.3) is 0 Å². The van der Waals surface area contributed by atoms with E-state index in [0.29, 0.717) is 12.2 Å². The Kier molecular flexibility index (Phi) is 7.77. The standard InChI is InChI=1S/C26H26FN5O8/c1-16(33)28-9-20-11-31(26(34)40-20)19-5-6-23(22(27)8-19)38-14-18-4-2-3-17(7-18)13-37-21-10-30-12-24(32(35)36)29-25(30)39-15-21/h2-8,12,20-21H,9-11,13-15H2,1H3,(H,28,33)/t20-,21-/m0/s1. The number of rotatable bonds is 10. The molecule has 3 heterocycles. The van der Waals surface area contributed by atoms with Crippen LogP contribution < -0.4 is 19.7 Å². The summed E-state index contributed by atoms with van der Waals surface area (Å²) >= 11 is 0. The molecule has 1 aromatic heterocycles. The van der Waals surface area contributed by atoms with Crippen molar-refractivity contribution in [1.82, 2.24) is 14.9 Å². The summed E-state index contributed by atoms with van der Waals surface area (Å²) in [6.45, 7) is 2.70. The summed E-state index contributed by atoms with van der Waals surface area (Å²) in [6.07, 6.45) is -0.144. The van der Waals surface area contributed by atoms with Crippen LogP contribution in [0, 0.1) is 15.9 Å². The summed E-state index contributed by atoms with van der Waals surface area (Å²) in [5.74, 6) is -1.12. The zero-order valence-corrected chi connectivity index (χ0v) is 21.4. The summed E-state index contributed by atoms with van der Waals surface area (Å²) in [5.41, 5.74) is 1.98. The molecule has 0 saturated carbocycles. The number of hydrogen-bond acceptors (Lipinski definition) is 9. The van der Waals surface area contributed by atoms with Gasteiger partial charge in [0.05, 0.1) is 31.9 Å². The van der Waals surface area contributed by atoms with E-state index in [4.69, 9.17) is 18.9 Å². The second-order valence-corrected chi connectivity index (χ2v) is 9.31. The molecule has 1 saturated heterocycles. The first-order valence-electron chi connectivity index (χ1n) is 12.4. The number of ether oxygens (including phenoxy) is 4. The third-order valence-corrected chi connectivity index (χ3v) is 6.26. The second kappa shape index (κ2) is 11.6. The van der Waals surface area contributed by atoms with Crippen LogP contribution in [0.25, 0.3) is 0 Å². The number of benzene rings is 2. The van der Waals surface area contributed by atoms with Crippen molar-refractivity contribution in [1.29, 1.82) is 0 Å². The molecular weight excluding hydrogens is 529 g/mol. The fourth-order valence-electron chi connectivity index (χ4n) is 4.32. The normalized spacial score (nSPS) is 18.1. The highest BCUT2D eigenvalue weighted by atomic mass is 19.1. The van der Waals surface area contributed by atoms with Gasteiger partial charge in [-0.3, -0.25) is 14.3 Å². The Morgan fingerprint density at radius 2 is 2.02 bits per heavy atom. The number of amides is 2. The summed E-state index contributed by atoms with van der Waals surface area (Å²) in [6, 6.07) is 11.8. The minimum atomic E-state index is -0.633. The Morgan fingerprint density at radius 1 is 1.23 bits per heavy atom. The fourth-order valence-corrected chi connectivity index (χ4v) is 4.32. The quantitative estimate of drug-likeness (QED) is 0.295. The van der Waals surface area contributed by atoms with Crippen molar-refractivity contribution in [2.75, 3.05) is 24.6 Å². The first kappa shape index (κ1) is 26.9. The Morgan fingerprint density at radius 3 is 2.77 bits per heavy atom. The molecule has 0 spiro atoms. The first-order valence-corrected chi connectivity index (χ1v) is 12.4. The van der Waals surface area contributed by atoms with Crippen molar-refractivity contribution in [3.63, 3.8) is 0 Å². The van der Waals surface area contributed by atoms with Gasteiger partial charge < -0.3 is 34.4 Å². The fraction of sp³-hybridized carbons (Fsp3) is 0.346. The lowest BCUT2D eigenvalue weighted by atomic mass is 10.1. The van der Waals surface area contributed by atoms with Crippen molar-refractivity contribution in [3.05, 3.63) is 75.7 Å². The van der Waals surface area contributed by atoms with E-state index >= 15 is 0 Å². The summed E-state index contributed by atoms with van der Waals surface area (Å²) in [7, 11) is 0. The maximum atomic E-state index is 14.8. The number of halogens is 1. The third-order valence-electron chi connectivity index (χ3n) is 6.26. The van der Waals surface area contributed by atoms with Crippen LogP contribution >= 0.6 is 0 Å². The molecule has 0 aliphatic carbocycles. The molecule has 1 fully saturated rings. The van der Waals surface area contributed by atoms with Crippen LogP contribution in [0.5, 0.6) is 11.8 Å². The molecule has 2 aliphatic heterocycles. The van der Waals surface area contributed by atoms with Gasteiger partial charge >= 0.3 is 17.9 Å². The number of carbonyl (C=O) groups is 2. The van der Waals surface area contributed by atoms with E-state index in [9.17, 15) is 24.1 Å². The first-order chi connectivity index (χ1) is 19.2. The van der Waals surface area contributed by atoms with Gasteiger partial charge in [-0.25, -0.2) is 9.18 Å². The highest BCUT2D eigenvalue weighted by Crippen LogP contribution is 2.28. The lowest BCUT2D eigenvalue weighted by molar-refractivity contribution is -0.389. The molecular formula is C26H26FN5O8. The summed E-state index contributed by atoms with van der Waals surface area (Å²) < 4.78 is 38.7. The smallest absolute Gasteiger partial charge is 0.414 e. The van der Waals surface area contributed by atoms with E-state index in [-0.39, 0.29) is 62.5 Å². The van der Waals surface area contributed by atoms with Crippen LogP contribution in [0.1, 0.15) is 18.1 Å². The Labute approximate surface area is 227 Å². The van der Waals surface area contributed by atoms with Crippen molar-refractivity contribution in [2.45, 2.75) is 38.9 Å². The van der Waals surface area contributed by atoms with Crippen LogP contribution in [0.4, 0.5) is 20.7 Å². The molecule has 0 unspecified atom stereocenters. The molecule has 14 heteroatoms. The Hall–Kier alpha value is -4.72. The van der Waals surface area contributed by atoms with Crippen molar-refractivity contribution < 1.29 is 37.9 Å². The van der Waals surface area contributed by atoms with E-state index in [1.165, 1.54) is 30.2 Å².